The molecule has 2 rings (SSSR count). The van der Waals surface area contributed by atoms with Gasteiger partial charge in [0, 0.05) is 18.4 Å². The summed E-state index contributed by atoms with van der Waals surface area (Å²) in [6, 6.07) is 10.6. The van der Waals surface area contributed by atoms with Gasteiger partial charge in [0.25, 0.3) is 0 Å². The average Bonchev–Trinajstić information content (AvgIpc) is 2.84. The van der Waals surface area contributed by atoms with Gasteiger partial charge in [-0.1, -0.05) is 39.0 Å². The number of benzene rings is 1. The normalized spacial score (nSPS) is 10.9. The van der Waals surface area contributed by atoms with Gasteiger partial charge in [-0.2, -0.15) is 5.10 Å². The van der Waals surface area contributed by atoms with Crippen molar-refractivity contribution in [2.45, 2.75) is 46.2 Å². The Morgan fingerprint density at radius 1 is 1.21 bits per heavy atom. The molecule has 0 bridgehead atoms. The van der Waals surface area contributed by atoms with E-state index in [1.807, 2.05) is 6.20 Å². The number of nitrogens with one attached hydrogen (secondary N) is 1. The topological polar surface area (TPSA) is 29.9 Å². The van der Waals surface area contributed by atoms with Gasteiger partial charge in [0.2, 0.25) is 0 Å². The van der Waals surface area contributed by atoms with Crippen molar-refractivity contribution in [3.05, 3.63) is 47.8 Å². The molecule has 0 aliphatic heterocycles. The fraction of sp³-hybridized carbons (Fsp3) is 0.438. The first-order valence-corrected chi connectivity index (χ1v) is 7.05. The van der Waals surface area contributed by atoms with Crippen LogP contribution in [0.1, 0.15) is 44.4 Å². The van der Waals surface area contributed by atoms with Crippen LogP contribution in [0.15, 0.2) is 36.5 Å². The summed E-state index contributed by atoms with van der Waals surface area (Å²) in [6.07, 6.45) is 2.98. The van der Waals surface area contributed by atoms with Crippen LogP contribution in [0.5, 0.6) is 0 Å². The van der Waals surface area contributed by atoms with Crippen LogP contribution in [0.25, 0.3) is 0 Å². The minimum absolute atomic E-state index is 0.532. The number of rotatable bonds is 6. The van der Waals surface area contributed by atoms with E-state index in [4.69, 9.17) is 0 Å². The Hall–Kier alpha value is -1.77. The van der Waals surface area contributed by atoms with Crippen molar-refractivity contribution in [2.24, 2.45) is 0 Å². The van der Waals surface area contributed by atoms with Crippen LogP contribution in [0.3, 0.4) is 0 Å². The van der Waals surface area contributed by atoms with Gasteiger partial charge in [-0.3, -0.25) is 4.68 Å². The molecule has 3 heteroatoms. The molecule has 2 aromatic rings. The van der Waals surface area contributed by atoms with Gasteiger partial charge in [-0.25, -0.2) is 0 Å². The van der Waals surface area contributed by atoms with E-state index in [2.05, 4.69) is 66.2 Å². The quantitative estimate of drug-likeness (QED) is 0.846. The first-order valence-electron chi connectivity index (χ1n) is 7.05. The number of aromatic nitrogens is 2. The molecule has 102 valence electrons. The van der Waals surface area contributed by atoms with Crippen LogP contribution in [-0.4, -0.2) is 9.78 Å². The number of para-hydroxylation sites is 1. The lowest BCUT2D eigenvalue weighted by Gasteiger charge is -2.15. The Morgan fingerprint density at radius 3 is 2.74 bits per heavy atom. The smallest absolute Gasteiger partial charge is 0.0575 e. The molecule has 0 radical (unpaired) electrons. The lowest BCUT2D eigenvalue weighted by molar-refractivity contribution is 0.578. The van der Waals surface area contributed by atoms with Gasteiger partial charge in [-0.05, 0) is 30.0 Å². The zero-order chi connectivity index (χ0) is 13.7. The average molecular weight is 257 g/mol. The van der Waals surface area contributed by atoms with Crippen LogP contribution in [0.2, 0.25) is 0 Å². The van der Waals surface area contributed by atoms with E-state index >= 15 is 0 Å². The molecule has 0 saturated carbocycles. The Bertz CT molecular complexity index is 514. The highest BCUT2D eigenvalue weighted by molar-refractivity contribution is 5.52. The van der Waals surface area contributed by atoms with Gasteiger partial charge in [0.1, 0.15) is 0 Å². The standard InChI is InChI=1S/C16H23N3/c1-4-11-19-14(9-10-18-19)12-17-16-8-6-5-7-15(16)13(2)3/h5-10,13,17H,4,11-12H2,1-3H3. The molecule has 3 nitrogen and oxygen atoms in total. The van der Waals surface area contributed by atoms with E-state index in [1.54, 1.807) is 0 Å². The van der Waals surface area contributed by atoms with E-state index in [0.29, 0.717) is 5.92 Å². The second-order valence-electron chi connectivity index (χ2n) is 5.14. The minimum atomic E-state index is 0.532. The van der Waals surface area contributed by atoms with Gasteiger partial charge in [0.15, 0.2) is 0 Å². The molecule has 0 aliphatic carbocycles. The van der Waals surface area contributed by atoms with Gasteiger partial charge >= 0.3 is 0 Å². The Kier molecular flexibility index (Phi) is 4.61. The Morgan fingerprint density at radius 2 is 2.00 bits per heavy atom. The summed E-state index contributed by atoms with van der Waals surface area (Å²) in [5.74, 6) is 0.532. The van der Waals surface area contributed by atoms with E-state index in [-0.39, 0.29) is 0 Å². The lowest BCUT2D eigenvalue weighted by Crippen LogP contribution is -2.10. The number of aryl methyl sites for hydroxylation is 1. The van der Waals surface area contributed by atoms with Crippen LogP contribution >= 0.6 is 0 Å². The van der Waals surface area contributed by atoms with Crippen molar-refractivity contribution < 1.29 is 0 Å². The summed E-state index contributed by atoms with van der Waals surface area (Å²) in [4.78, 5) is 0. The summed E-state index contributed by atoms with van der Waals surface area (Å²) in [5.41, 5.74) is 3.83. The van der Waals surface area contributed by atoms with E-state index in [9.17, 15) is 0 Å². The molecular weight excluding hydrogens is 234 g/mol. The Balaban J connectivity index is 2.08. The van der Waals surface area contributed by atoms with Crippen LogP contribution in [0.4, 0.5) is 5.69 Å². The van der Waals surface area contributed by atoms with E-state index < -0.39 is 0 Å². The molecule has 1 heterocycles. The predicted octanol–water partition coefficient (Wildman–Crippen LogP) is 4.03. The molecule has 1 aromatic heterocycles. The second-order valence-corrected chi connectivity index (χ2v) is 5.14. The monoisotopic (exact) mass is 257 g/mol. The van der Waals surface area contributed by atoms with Gasteiger partial charge in [0.05, 0.1) is 12.2 Å². The third-order valence-electron chi connectivity index (χ3n) is 3.28. The van der Waals surface area contributed by atoms with Gasteiger partial charge < -0.3 is 5.32 Å². The van der Waals surface area contributed by atoms with E-state index in [0.717, 1.165) is 19.5 Å². The molecule has 1 aromatic carbocycles. The third kappa shape index (κ3) is 3.37. The molecule has 19 heavy (non-hydrogen) atoms. The second kappa shape index (κ2) is 6.41. The largest absolute Gasteiger partial charge is 0.379 e. The van der Waals surface area contributed by atoms with Crippen molar-refractivity contribution in [1.29, 1.82) is 0 Å². The van der Waals surface area contributed by atoms with Crippen LogP contribution < -0.4 is 5.32 Å². The Labute approximate surface area is 115 Å². The van der Waals surface area contributed by atoms with Crippen molar-refractivity contribution in [3.63, 3.8) is 0 Å². The number of hydrogen-bond acceptors (Lipinski definition) is 2. The summed E-state index contributed by atoms with van der Waals surface area (Å²) in [6.45, 7) is 8.43. The molecule has 0 saturated heterocycles. The molecule has 0 fully saturated rings. The molecule has 0 unspecified atom stereocenters. The summed E-state index contributed by atoms with van der Waals surface area (Å²) < 4.78 is 2.07. The molecule has 0 aliphatic rings. The minimum Gasteiger partial charge on any atom is -0.379 e. The first kappa shape index (κ1) is 13.7. The number of anilines is 1. The SMILES string of the molecule is CCCn1nccc1CNc1ccccc1C(C)C. The third-order valence-corrected chi connectivity index (χ3v) is 3.28. The number of hydrogen-bond donors (Lipinski definition) is 1. The summed E-state index contributed by atoms with van der Waals surface area (Å²) in [5, 5.41) is 7.89. The number of nitrogens with zero attached hydrogens (tertiary/aromatic N) is 2. The molecule has 0 atom stereocenters. The fourth-order valence-electron chi connectivity index (χ4n) is 2.27. The first-order chi connectivity index (χ1) is 9.22. The maximum atomic E-state index is 4.35. The summed E-state index contributed by atoms with van der Waals surface area (Å²) in [7, 11) is 0. The highest BCUT2D eigenvalue weighted by Gasteiger charge is 2.06. The van der Waals surface area contributed by atoms with Crippen molar-refractivity contribution in [1.82, 2.24) is 9.78 Å². The molecule has 0 spiro atoms. The maximum Gasteiger partial charge on any atom is 0.0575 e. The maximum absolute atomic E-state index is 4.35. The van der Waals surface area contributed by atoms with Crippen LogP contribution in [0, 0.1) is 0 Å². The highest BCUT2D eigenvalue weighted by Crippen LogP contribution is 2.24. The van der Waals surface area contributed by atoms with E-state index in [1.165, 1.54) is 16.9 Å². The van der Waals surface area contributed by atoms with Gasteiger partial charge in [-0.15, -0.1) is 0 Å². The van der Waals surface area contributed by atoms with Crippen LogP contribution in [-0.2, 0) is 13.1 Å². The lowest BCUT2D eigenvalue weighted by atomic mass is 10.0. The fourth-order valence-corrected chi connectivity index (χ4v) is 2.27. The summed E-state index contributed by atoms with van der Waals surface area (Å²) >= 11 is 0. The zero-order valence-electron chi connectivity index (χ0n) is 12.1. The van der Waals surface area contributed by atoms with Crippen molar-refractivity contribution in [3.8, 4) is 0 Å². The molecule has 1 N–H and O–H groups in total. The zero-order valence-corrected chi connectivity index (χ0v) is 12.1. The molecular formula is C16H23N3. The van der Waals surface area contributed by atoms with Crippen molar-refractivity contribution >= 4 is 5.69 Å². The predicted molar refractivity (Wildman–Crippen MR) is 80.4 cm³/mol. The highest BCUT2D eigenvalue weighted by atomic mass is 15.3. The van der Waals surface area contributed by atoms with Crippen molar-refractivity contribution in [2.75, 3.05) is 5.32 Å². The molecule has 0 amide bonds.